The van der Waals surface area contributed by atoms with Crippen molar-refractivity contribution in [3.8, 4) is 11.5 Å². The predicted molar refractivity (Wildman–Crippen MR) is 110 cm³/mol. The van der Waals surface area contributed by atoms with Crippen LogP contribution < -0.4 is 19.9 Å². The van der Waals surface area contributed by atoms with Crippen molar-refractivity contribution in [1.29, 1.82) is 0 Å². The highest BCUT2D eigenvalue weighted by Crippen LogP contribution is 2.40. The fraction of sp³-hybridized carbons (Fsp3) is 0.238. The van der Waals surface area contributed by atoms with Crippen LogP contribution in [0.2, 0.25) is 0 Å². The van der Waals surface area contributed by atoms with Gasteiger partial charge in [0, 0.05) is 6.07 Å². The molecule has 1 saturated heterocycles. The summed E-state index contributed by atoms with van der Waals surface area (Å²) in [4.78, 5) is 36.1. The Bertz CT molecular complexity index is 1020. The van der Waals surface area contributed by atoms with Gasteiger partial charge in [-0.1, -0.05) is 25.1 Å². The first-order chi connectivity index (χ1) is 14.3. The Kier molecular flexibility index (Phi) is 6.01. The van der Waals surface area contributed by atoms with Crippen molar-refractivity contribution in [2.75, 3.05) is 12.1 Å². The minimum atomic E-state index is -0.606. The van der Waals surface area contributed by atoms with Gasteiger partial charge >= 0.3 is 5.69 Å². The van der Waals surface area contributed by atoms with E-state index in [9.17, 15) is 19.7 Å². The number of rotatable bonds is 7. The molecule has 2 amide bonds. The molecule has 0 radical (unpaired) electrons. The summed E-state index contributed by atoms with van der Waals surface area (Å²) in [5, 5.41) is 12.7. The average Bonchev–Trinajstić information content (AvgIpc) is 3.02. The quantitative estimate of drug-likeness (QED) is 0.324. The van der Waals surface area contributed by atoms with Crippen LogP contribution in [0.25, 0.3) is 6.08 Å². The number of nitrogens with one attached hydrogen (secondary N) is 1. The molecule has 1 atom stereocenters. The Morgan fingerprint density at radius 1 is 1.23 bits per heavy atom. The smallest absolute Gasteiger partial charge is 0.315 e. The molecule has 9 heteroatoms. The molecule has 2 aromatic rings. The topological polar surface area (TPSA) is 111 Å². The Labute approximate surface area is 173 Å². The van der Waals surface area contributed by atoms with Crippen molar-refractivity contribution in [1.82, 2.24) is 5.43 Å². The minimum absolute atomic E-state index is 0.00659. The van der Waals surface area contributed by atoms with E-state index in [1.807, 2.05) is 6.92 Å². The monoisotopic (exact) mass is 411 g/mol. The number of hydrogen-bond acceptors (Lipinski definition) is 6. The maximum absolute atomic E-state index is 12.7. The fourth-order valence-electron chi connectivity index (χ4n) is 2.86. The van der Waals surface area contributed by atoms with Gasteiger partial charge in [0.15, 0.2) is 5.75 Å². The van der Waals surface area contributed by atoms with Crippen molar-refractivity contribution in [3.05, 3.63) is 63.7 Å². The Hall–Kier alpha value is -3.88. The lowest BCUT2D eigenvalue weighted by Crippen LogP contribution is -2.35. The van der Waals surface area contributed by atoms with Gasteiger partial charge in [-0.3, -0.25) is 25.1 Å². The number of nitro benzene ring substituents is 1. The number of carbonyl (C=O) groups excluding carboxylic acids is 2. The zero-order valence-corrected chi connectivity index (χ0v) is 16.7. The third kappa shape index (κ3) is 4.09. The highest BCUT2D eigenvalue weighted by atomic mass is 16.6. The third-order valence-corrected chi connectivity index (χ3v) is 4.59. The number of hydrazine groups is 1. The molecule has 1 heterocycles. The molecule has 156 valence electrons. The van der Waals surface area contributed by atoms with E-state index in [0.29, 0.717) is 12.1 Å². The van der Waals surface area contributed by atoms with Gasteiger partial charge in [-0.25, -0.2) is 5.01 Å². The summed E-state index contributed by atoms with van der Waals surface area (Å²) in [6.07, 6.45) is 1.68. The van der Waals surface area contributed by atoms with Crippen molar-refractivity contribution in [2.24, 2.45) is 0 Å². The second kappa shape index (κ2) is 8.64. The van der Waals surface area contributed by atoms with E-state index in [4.69, 9.17) is 9.47 Å². The molecule has 1 aliphatic rings. The number of ether oxygens (including phenoxy) is 2. The highest BCUT2D eigenvalue weighted by Gasteiger charge is 2.34. The molecule has 1 aliphatic heterocycles. The van der Waals surface area contributed by atoms with Crippen LogP contribution in [0.4, 0.5) is 11.4 Å². The summed E-state index contributed by atoms with van der Waals surface area (Å²) in [6, 6.07) is 11.4. The third-order valence-electron chi connectivity index (χ3n) is 4.59. The lowest BCUT2D eigenvalue weighted by atomic mass is 10.1. The Balaban J connectivity index is 2.02. The van der Waals surface area contributed by atoms with Crippen LogP contribution in [0.3, 0.4) is 0 Å². The van der Waals surface area contributed by atoms with E-state index in [2.05, 4.69) is 5.43 Å². The number of anilines is 1. The molecule has 0 aliphatic carbocycles. The van der Waals surface area contributed by atoms with Crippen LogP contribution in [0, 0.1) is 10.1 Å². The van der Waals surface area contributed by atoms with E-state index in [1.165, 1.54) is 25.3 Å². The van der Waals surface area contributed by atoms with Crippen LogP contribution in [-0.4, -0.2) is 30.0 Å². The zero-order valence-electron chi connectivity index (χ0n) is 16.7. The van der Waals surface area contributed by atoms with Gasteiger partial charge in [-0.05, 0) is 43.2 Å². The van der Waals surface area contributed by atoms with E-state index in [-0.39, 0.29) is 34.4 Å². The van der Waals surface area contributed by atoms with Gasteiger partial charge in [-0.2, -0.15) is 0 Å². The maximum Gasteiger partial charge on any atom is 0.315 e. The zero-order chi connectivity index (χ0) is 21.8. The molecule has 30 heavy (non-hydrogen) atoms. The summed E-state index contributed by atoms with van der Waals surface area (Å²) in [6.45, 7) is 3.68. The Morgan fingerprint density at radius 2 is 1.93 bits per heavy atom. The number of para-hydroxylation sites is 1. The van der Waals surface area contributed by atoms with Crippen LogP contribution in [0.1, 0.15) is 25.8 Å². The van der Waals surface area contributed by atoms with Crippen LogP contribution in [0.15, 0.2) is 48.0 Å². The molecule has 9 nitrogen and oxygen atoms in total. The molecule has 0 aromatic heterocycles. The molecule has 0 unspecified atom stereocenters. The minimum Gasteiger partial charge on any atom is -0.493 e. The normalized spacial score (nSPS) is 15.8. The summed E-state index contributed by atoms with van der Waals surface area (Å²) in [5.41, 5.74) is 2.80. The van der Waals surface area contributed by atoms with Crippen LogP contribution in [0.5, 0.6) is 11.5 Å². The van der Waals surface area contributed by atoms with E-state index < -0.39 is 16.7 Å². The summed E-state index contributed by atoms with van der Waals surface area (Å²) < 4.78 is 11.0. The number of benzene rings is 2. The van der Waals surface area contributed by atoms with Gasteiger partial charge in [0.1, 0.15) is 5.57 Å². The number of carbonyl (C=O) groups is 2. The number of amides is 2. The van der Waals surface area contributed by atoms with Crippen LogP contribution >= 0.6 is 0 Å². The number of hydrogen-bond donors (Lipinski definition) is 1. The van der Waals surface area contributed by atoms with Gasteiger partial charge in [0.25, 0.3) is 11.8 Å². The molecular formula is C21H21N3O6. The van der Waals surface area contributed by atoms with Gasteiger partial charge in [0.05, 0.1) is 23.8 Å². The molecule has 0 spiro atoms. The lowest BCUT2D eigenvalue weighted by molar-refractivity contribution is -0.386. The van der Waals surface area contributed by atoms with Gasteiger partial charge in [-0.15, -0.1) is 0 Å². The number of nitrogens with zero attached hydrogens (tertiary/aromatic N) is 2. The van der Waals surface area contributed by atoms with E-state index in [1.54, 1.807) is 37.3 Å². The first kappa shape index (κ1) is 20.8. The fourth-order valence-corrected chi connectivity index (χ4v) is 2.86. The molecule has 0 saturated carbocycles. The van der Waals surface area contributed by atoms with E-state index >= 15 is 0 Å². The van der Waals surface area contributed by atoms with Crippen molar-refractivity contribution in [2.45, 2.75) is 26.4 Å². The predicted octanol–water partition coefficient (Wildman–Crippen LogP) is 3.24. The lowest BCUT2D eigenvalue weighted by Gasteiger charge is -2.16. The molecule has 0 bridgehead atoms. The van der Waals surface area contributed by atoms with Crippen LogP contribution in [-0.2, 0) is 9.59 Å². The highest BCUT2D eigenvalue weighted by molar-refractivity contribution is 6.31. The largest absolute Gasteiger partial charge is 0.493 e. The second-order valence-electron chi connectivity index (χ2n) is 6.64. The summed E-state index contributed by atoms with van der Waals surface area (Å²) in [5.74, 6) is -1.02. The van der Waals surface area contributed by atoms with Crippen molar-refractivity contribution in [3.63, 3.8) is 0 Å². The Morgan fingerprint density at radius 3 is 2.53 bits per heavy atom. The van der Waals surface area contributed by atoms with E-state index in [0.717, 1.165) is 5.01 Å². The van der Waals surface area contributed by atoms with Crippen molar-refractivity contribution < 1.29 is 24.0 Å². The van der Waals surface area contributed by atoms with Gasteiger partial charge < -0.3 is 9.47 Å². The average molecular weight is 411 g/mol. The maximum atomic E-state index is 12.7. The van der Waals surface area contributed by atoms with Gasteiger partial charge in [0.2, 0.25) is 5.75 Å². The standard InChI is InChI=1S/C21H21N3O6/c1-4-13(2)30-19-17(24(27)28)11-14(12-18(19)29-3)10-16-20(25)22-23(21(16)26)15-8-6-5-7-9-15/h5-13H,4H2,1-3H3,(H,22,25)/b16-10-/t13-/m0/s1. The summed E-state index contributed by atoms with van der Waals surface area (Å²) >= 11 is 0. The number of nitro groups is 1. The SMILES string of the molecule is CC[C@H](C)Oc1c(OC)cc(/C=C2/C(=O)NN(c3ccccc3)C2=O)cc1[N+](=O)[O-]. The molecule has 2 aromatic carbocycles. The molecule has 1 N–H and O–H groups in total. The first-order valence-electron chi connectivity index (χ1n) is 9.31. The number of methoxy groups -OCH3 is 1. The van der Waals surface area contributed by atoms with Crippen molar-refractivity contribution >= 4 is 29.3 Å². The first-order valence-corrected chi connectivity index (χ1v) is 9.31. The molecule has 1 fully saturated rings. The second-order valence-corrected chi connectivity index (χ2v) is 6.64. The molecule has 3 rings (SSSR count). The summed E-state index contributed by atoms with van der Waals surface area (Å²) in [7, 11) is 1.37. The molecular weight excluding hydrogens is 390 g/mol.